The first-order valence-corrected chi connectivity index (χ1v) is 6.48. The molecule has 0 spiro atoms. The Morgan fingerprint density at radius 3 is 2.59 bits per heavy atom. The SMILES string of the molecule is C=C[C@@H]1C[C@H](CC=Cc2ccccc2)C1(C)C. The Labute approximate surface area is 105 Å². The number of benzene rings is 1. The highest BCUT2D eigenvalue weighted by Crippen LogP contribution is 2.53. The van der Waals surface area contributed by atoms with Crippen molar-refractivity contribution in [2.75, 3.05) is 0 Å². The zero-order valence-electron chi connectivity index (χ0n) is 10.9. The number of hydrogen-bond acceptors (Lipinski definition) is 0. The van der Waals surface area contributed by atoms with Crippen molar-refractivity contribution in [1.82, 2.24) is 0 Å². The van der Waals surface area contributed by atoms with Gasteiger partial charge in [0.15, 0.2) is 0 Å². The van der Waals surface area contributed by atoms with E-state index in [0.717, 1.165) is 5.92 Å². The first kappa shape index (κ1) is 12.2. The molecular formula is C17H22. The molecule has 0 N–H and O–H groups in total. The predicted molar refractivity (Wildman–Crippen MR) is 75.7 cm³/mol. The average molecular weight is 226 g/mol. The molecule has 0 heteroatoms. The van der Waals surface area contributed by atoms with E-state index in [0.29, 0.717) is 11.3 Å². The molecule has 0 saturated heterocycles. The number of allylic oxidation sites excluding steroid dienone is 2. The van der Waals surface area contributed by atoms with Crippen molar-refractivity contribution in [3.63, 3.8) is 0 Å². The Morgan fingerprint density at radius 2 is 2.00 bits per heavy atom. The van der Waals surface area contributed by atoms with E-state index >= 15 is 0 Å². The van der Waals surface area contributed by atoms with E-state index in [1.54, 1.807) is 0 Å². The highest BCUT2D eigenvalue weighted by Gasteiger charge is 2.45. The lowest BCUT2D eigenvalue weighted by Crippen LogP contribution is -2.43. The van der Waals surface area contributed by atoms with Crippen LogP contribution in [0.1, 0.15) is 32.3 Å². The van der Waals surface area contributed by atoms with Gasteiger partial charge in [0.25, 0.3) is 0 Å². The molecule has 17 heavy (non-hydrogen) atoms. The molecule has 1 aliphatic carbocycles. The molecule has 0 amide bonds. The van der Waals surface area contributed by atoms with Crippen LogP contribution in [0, 0.1) is 17.3 Å². The molecule has 2 rings (SSSR count). The van der Waals surface area contributed by atoms with Crippen molar-refractivity contribution in [3.05, 3.63) is 54.6 Å². The Balaban J connectivity index is 1.88. The second kappa shape index (κ2) is 4.91. The van der Waals surface area contributed by atoms with Gasteiger partial charge in [-0.15, -0.1) is 6.58 Å². The smallest absolute Gasteiger partial charge is 0.0179 e. The molecule has 0 radical (unpaired) electrons. The molecule has 2 atom stereocenters. The Morgan fingerprint density at radius 1 is 1.29 bits per heavy atom. The molecule has 0 bridgehead atoms. The van der Waals surface area contributed by atoms with E-state index in [1.165, 1.54) is 18.4 Å². The van der Waals surface area contributed by atoms with Gasteiger partial charge in [0.1, 0.15) is 0 Å². The van der Waals surface area contributed by atoms with Gasteiger partial charge in [-0.25, -0.2) is 0 Å². The van der Waals surface area contributed by atoms with E-state index < -0.39 is 0 Å². The molecule has 0 nitrogen and oxygen atoms in total. The van der Waals surface area contributed by atoms with Gasteiger partial charge in [0, 0.05) is 0 Å². The van der Waals surface area contributed by atoms with E-state index in [9.17, 15) is 0 Å². The molecule has 1 saturated carbocycles. The van der Waals surface area contributed by atoms with Crippen LogP contribution >= 0.6 is 0 Å². The zero-order chi connectivity index (χ0) is 12.3. The number of hydrogen-bond donors (Lipinski definition) is 0. The summed E-state index contributed by atoms with van der Waals surface area (Å²) in [6.07, 6.45) is 9.16. The van der Waals surface area contributed by atoms with Crippen molar-refractivity contribution in [1.29, 1.82) is 0 Å². The van der Waals surface area contributed by atoms with Gasteiger partial charge in [0.05, 0.1) is 0 Å². The summed E-state index contributed by atoms with van der Waals surface area (Å²) < 4.78 is 0. The van der Waals surface area contributed by atoms with E-state index in [2.05, 4.69) is 69.0 Å². The monoisotopic (exact) mass is 226 g/mol. The molecule has 0 unspecified atom stereocenters. The molecule has 0 aliphatic heterocycles. The normalized spacial score (nSPS) is 26.7. The third kappa shape index (κ3) is 2.52. The minimum Gasteiger partial charge on any atom is -0.103 e. The third-order valence-corrected chi connectivity index (χ3v) is 4.36. The molecule has 0 aromatic heterocycles. The van der Waals surface area contributed by atoms with Gasteiger partial charge in [-0.1, -0.05) is 62.4 Å². The summed E-state index contributed by atoms with van der Waals surface area (Å²) in [5, 5.41) is 0. The highest BCUT2D eigenvalue weighted by atomic mass is 14.5. The minimum atomic E-state index is 0.433. The number of rotatable bonds is 4. The maximum absolute atomic E-state index is 3.92. The molecule has 90 valence electrons. The van der Waals surface area contributed by atoms with Gasteiger partial charge < -0.3 is 0 Å². The van der Waals surface area contributed by atoms with Crippen LogP contribution in [0.5, 0.6) is 0 Å². The fourth-order valence-corrected chi connectivity index (χ4v) is 2.79. The van der Waals surface area contributed by atoms with E-state index in [4.69, 9.17) is 0 Å². The topological polar surface area (TPSA) is 0 Å². The van der Waals surface area contributed by atoms with Crippen LogP contribution < -0.4 is 0 Å². The second-order valence-electron chi connectivity index (χ2n) is 5.64. The lowest BCUT2D eigenvalue weighted by atomic mass is 9.54. The molecule has 0 heterocycles. The van der Waals surface area contributed by atoms with Gasteiger partial charge >= 0.3 is 0 Å². The maximum atomic E-state index is 3.92. The predicted octanol–water partition coefficient (Wildman–Crippen LogP) is 4.94. The summed E-state index contributed by atoms with van der Waals surface area (Å²) in [6, 6.07) is 10.5. The van der Waals surface area contributed by atoms with Crippen LogP contribution in [-0.2, 0) is 0 Å². The van der Waals surface area contributed by atoms with Crippen LogP contribution in [0.4, 0.5) is 0 Å². The van der Waals surface area contributed by atoms with E-state index in [-0.39, 0.29) is 0 Å². The fraction of sp³-hybridized carbons (Fsp3) is 0.412. The standard InChI is InChI=1S/C17H22/c1-4-15-13-16(17(15,2)3)12-8-11-14-9-6-5-7-10-14/h4-11,15-16H,1,12-13H2,2-3H3/t15-,16+/m1/s1. The van der Waals surface area contributed by atoms with Crippen molar-refractivity contribution < 1.29 is 0 Å². The summed E-state index contributed by atoms with van der Waals surface area (Å²) in [6.45, 7) is 8.65. The lowest BCUT2D eigenvalue weighted by molar-refractivity contribution is 0.0144. The zero-order valence-corrected chi connectivity index (χ0v) is 10.9. The second-order valence-corrected chi connectivity index (χ2v) is 5.64. The van der Waals surface area contributed by atoms with Crippen LogP contribution in [0.3, 0.4) is 0 Å². The van der Waals surface area contributed by atoms with Crippen molar-refractivity contribution in [2.45, 2.75) is 26.7 Å². The Hall–Kier alpha value is -1.30. The van der Waals surface area contributed by atoms with Gasteiger partial charge in [-0.05, 0) is 35.7 Å². The largest absolute Gasteiger partial charge is 0.103 e. The summed E-state index contributed by atoms with van der Waals surface area (Å²) in [5.74, 6) is 1.52. The van der Waals surface area contributed by atoms with Crippen LogP contribution in [0.15, 0.2) is 49.1 Å². The van der Waals surface area contributed by atoms with Crippen molar-refractivity contribution in [3.8, 4) is 0 Å². The van der Waals surface area contributed by atoms with Gasteiger partial charge in [-0.2, -0.15) is 0 Å². The third-order valence-electron chi connectivity index (χ3n) is 4.36. The van der Waals surface area contributed by atoms with Gasteiger partial charge in [0.2, 0.25) is 0 Å². The van der Waals surface area contributed by atoms with Crippen molar-refractivity contribution in [2.24, 2.45) is 17.3 Å². The van der Waals surface area contributed by atoms with Crippen LogP contribution in [0.25, 0.3) is 6.08 Å². The van der Waals surface area contributed by atoms with Gasteiger partial charge in [-0.3, -0.25) is 0 Å². The quantitative estimate of drug-likeness (QED) is 0.638. The molecule has 1 aliphatic rings. The molecule has 1 aromatic carbocycles. The Kier molecular flexibility index (Phi) is 3.51. The summed E-state index contributed by atoms with van der Waals surface area (Å²) in [7, 11) is 0. The van der Waals surface area contributed by atoms with Crippen LogP contribution in [-0.4, -0.2) is 0 Å². The summed E-state index contributed by atoms with van der Waals surface area (Å²) in [4.78, 5) is 0. The van der Waals surface area contributed by atoms with Crippen molar-refractivity contribution >= 4 is 6.08 Å². The molecular weight excluding hydrogens is 204 g/mol. The van der Waals surface area contributed by atoms with E-state index in [1.807, 2.05) is 0 Å². The minimum absolute atomic E-state index is 0.433. The molecule has 1 fully saturated rings. The highest BCUT2D eigenvalue weighted by molar-refractivity contribution is 5.48. The summed E-state index contributed by atoms with van der Waals surface area (Å²) >= 11 is 0. The average Bonchev–Trinajstić information content (AvgIpc) is 2.34. The lowest BCUT2D eigenvalue weighted by Gasteiger charge is -2.51. The Bertz CT molecular complexity index is 397. The maximum Gasteiger partial charge on any atom is -0.0179 e. The first-order chi connectivity index (χ1) is 8.14. The summed E-state index contributed by atoms with van der Waals surface area (Å²) in [5.41, 5.74) is 1.73. The van der Waals surface area contributed by atoms with Crippen LogP contribution in [0.2, 0.25) is 0 Å². The first-order valence-electron chi connectivity index (χ1n) is 6.48. The molecule has 1 aromatic rings. The fourth-order valence-electron chi connectivity index (χ4n) is 2.79.